The summed E-state index contributed by atoms with van der Waals surface area (Å²) in [6.45, 7) is 7.46. The van der Waals surface area contributed by atoms with Crippen molar-refractivity contribution in [1.29, 1.82) is 0 Å². The summed E-state index contributed by atoms with van der Waals surface area (Å²) in [7, 11) is 0. The zero-order valence-corrected chi connectivity index (χ0v) is 38.1. The van der Waals surface area contributed by atoms with E-state index < -0.39 is 17.7 Å². The van der Waals surface area contributed by atoms with Crippen LogP contribution in [0, 0.1) is 5.92 Å². The molecule has 5 heterocycles. The highest BCUT2D eigenvalue weighted by Gasteiger charge is 2.51. The molecule has 5 aromatic rings. The maximum Gasteiger partial charge on any atom is 0.349 e. The van der Waals surface area contributed by atoms with Crippen molar-refractivity contribution in [2.24, 2.45) is 5.92 Å². The van der Waals surface area contributed by atoms with E-state index in [0.29, 0.717) is 40.0 Å². The van der Waals surface area contributed by atoms with Gasteiger partial charge in [-0.2, -0.15) is 0 Å². The number of quaternary nitrogens is 1. The SMILES string of the molecule is O=C(O[C@H]1C[N+]2(CCCOc3ccccc3)CCC1CC2)C(O)(c1cccs1)c1cccs1.[O-]c1ccc(C(O)CNCCCCCCOCCCCc2ccccc2)cc1CO. The smallest absolute Gasteiger partial charge is 0.349 e. The fourth-order valence-electron chi connectivity index (χ4n) is 8.66. The molecule has 4 N–H and O–H groups in total. The number of aryl methyl sites for hydroxylation is 1. The van der Waals surface area contributed by atoms with Gasteiger partial charge in [-0.3, -0.25) is 0 Å². The summed E-state index contributed by atoms with van der Waals surface area (Å²) in [6.07, 6.45) is 10.1. The Morgan fingerprint density at radius 1 is 0.810 bits per heavy atom. The average Bonchev–Trinajstić information content (AvgIpc) is 4.08. The lowest BCUT2D eigenvalue weighted by Crippen LogP contribution is -2.65. The first-order valence-corrected chi connectivity index (χ1v) is 24.5. The van der Waals surface area contributed by atoms with Crippen molar-refractivity contribution in [1.82, 2.24) is 5.32 Å². The number of fused-ring (bicyclic) bond motifs is 3. The standard InChI is InChI=1S/C26H30NO4S2.C25H37NO4/c28-25(26(29,23-9-4-17-32-23)24-10-5-18-33-24)31-22-19-27(14-11-20(22)12-15-27)13-6-16-30-21-7-2-1-3-8-21;27-20-23-18-22(13-14-24(23)28)25(29)19-26-15-7-1-2-8-16-30-17-9-6-12-21-10-4-3-5-11-21/h1-5,7-10,17-18,20,22,29H,6,11-16,19H2;3-5,10-11,13-14,18,25-29H,1-2,6-9,12,15-17,19-20H2/q+1;/p-1/t20?,22-,27?;/m0./s1. The fraction of sp³-hybridized carbons (Fsp3) is 0.471. The Morgan fingerprint density at radius 3 is 2.14 bits per heavy atom. The third kappa shape index (κ3) is 14.4. The van der Waals surface area contributed by atoms with Crippen molar-refractivity contribution in [2.75, 3.05) is 59.1 Å². The number of ether oxygens (including phenoxy) is 3. The van der Waals surface area contributed by atoms with Gasteiger partial charge in [0.1, 0.15) is 12.3 Å². The molecule has 3 aromatic carbocycles. The number of unbranched alkanes of at least 4 members (excludes halogenated alkanes) is 4. The van der Waals surface area contributed by atoms with E-state index in [9.17, 15) is 20.1 Å². The van der Waals surface area contributed by atoms with E-state index in [1.165, 1.54) is 40.7 Å². The summed E-state index contributed by atoms with van der Waals surface area (Å²) in [5.41, 5.74) is 0.647. The molecule has 0 amide bonds. The molecule has 3 aliphatic rings. The molecule has 3 fully saturated rings. The third-order valence-corrected chi connectivity index (χ3v) is 14.3. The van der Waals surface area contributed by atoms with E-state index in [0.717, 1.165) is 114 Å². The summed E-state index contributed by atoms with van der Waals surface area (Å²) in [4.78, 5) is 14.7. The van der Waals surface area contributed by atoms with Gasteiger partial charge >= 0.3 is 5.97 Å². The van der Waals surface area contributed by atoms with E-state index in [2.05, 4.69) is 35.6 Å². The van der Waals surface area contributed by atoms with Crippen LogP contribution >= 0.6 is 22.7 Å². The molecule has 0 spiro atoms. The van der Waals surface area contributed by atoms with Gasteiger partial charge in [0.25, 0.3) is 0 Å². The Kier molecular flexibility index (Phi) is 19.5. The molecule has 2 bridgehead atoms. The van der Waals surface area contributed by atoms with Crippen LogP contribution in [0.15, 0.2) is 114 Å². The second-order valence-electron chi connectivity index (χ2n) is 16.9. The number of piperidine rings is 3. The van der Waals surface area contributed by atoms with Crippen molar-refractivity contribution in [3.05, 3.63) is 140 Å². The second kappa shape index (κ2) is 25.4. The van der Waals surface area contributed by atoms with E-state index in [-0.39, 0.29) is 18.5 Å². The van der Waals surface area contributed by atoms with Gasteiger partial charge in [-0.1, -0.05) is 91.7 Å². The Hall–Kier alpha value is -4.11. The lowest BCUT2D eigenvalue weighted by Gasteiger charge is -2.52. The van der Waals surface area contributed by atoms with Crippen molar-refractivity contribution in [3.63, 3.8) is 0 Å². The largest absolute Gasteiger partial charge is 0.872 e. The number of rotatable bonds is 25. The van der Waals surface area contributed by atoms with Crippen molar-refractivity contribution in [2.45, 2.75) is 88.6 Å². The number of nitrogens with zero attached hydrogens (tertiary/aromatic N) is 1. The van der Waals surface area contributed by atoms with Crippen molar-refractivity contribution >= 4 is 28.6 Å². The molecule has 8 rings (SSSR count). The summed E-state index contributed by atoms with van der Waals surface area (Å²) < 4.78 is 18.7. The number of benzene rings is 3. The zero-order valence-electron chi connectivity index (χ0n) is 36.5. The molecule has 2 aromatic heterocycles. The third-order valence-electron chi connectivity index (χ3n) is 12.4. The van der Waals surface area contributed by atoms with Crippen LogP contribution < -0.4 is 15.2 Å². The maximum atomic E-state index is 13.4. The monoisotopic (exact) mass is 898 g/mol. The van der Waals surface area contributed by atoms with Crippen LogP contribution in [0.5, 0.6) is 11.5 Å². The van der Waals surface area contributed by atoms with Crippen LogP contribution in [-0.4, -0.2) is 91.0 Å². The van der Waals surface area contributed by atoms with Gasteiger partial charge < -0.3 is 44.4 Å². The summed E-state index contributed by atoms with van der Waals surface area (Å²) in [5, 5.41) is 49.4. The molecule has 0 saturated carbocycles. The number of hydrogen-bond donors (Lipinski definition) is 4. The van der Waals surface area contributed by atoms with E-state index in [1.807, 2.05) is 65.4 Å². The van der Waals surface area contributed by atoms with Gasteiger partial charge in [-0.05, 0) is 90.4 Å². The fourth-order valence-corrected chi connectivity index (χ4v) is 10.4. The quantitative estimate of drug-likeness (QED) is 0.0260. The summed E-state index contributed by atoms with van der Waals surface area (Å²) in [6, 6.07) is 32.4. The van der Waals surface area contributed by atoms with E-state index in [1.54, 1.807) is 12.1 Å². The minimum atomic E-state index is -1.73. The number of aliphatic hydroxyl groups is 3. The number of carbonyl (C=O) groups excluding carboxylic acids is 1. The number of hydrogen-bond acceptors (Lipinski definition) is 11. The number of para-hydroxylation sites is 1. The number of nitrogens with one attached hydrogen (secondary N) is 1. The van der Waals surface area contributed by atoms with E-state index >= 15 is 0 Å². The first kappa shape index (κ1) is 48.3. The minimum Gasteiger partial charge on any atom is -0.872 e. The van der Waals surface area contributed by atoms with Gasteiger partial charge in [0.05, 0.1) is 48.7 Å². The molecule has 12 heteroatoms. The molecule has 0 radical (unpaired) electrons. The highest BCUT2D eigenvalue weighted by Crippen LogP contribution is 2.40. The van der Waals surface area contributed by atoms with Crippen LogP contribution in [0.1, 0.15) is 90.3 Å². The van der Waals surface area contributed by atoms with Gasteiger partial charge in [0.2, 0.25) is 5.60 Å². The minimum absolute atomic E-state index is 0.151. The molecule has 340 valence electrons. The zero-order chi connectivity index (χ0) is 44.2. The molecule has 3 saturated heterocycles. The van der Waals surface area contributed by atoms with Crippen molar-refractivity contribution < 1.29 is 43.9 Å². The Bertz CT molecular complexity index is 1970. The highest BCUT2D eigenvalue weighted by molar-refractivity contribution is 7.12. The molecule has 63 heavy (non-hydrogen) atoms. The molecule has 3 aliphatic heterocycles. The lowest BCUT2D eigenvalue weighted by atomic mass is 9.83. The Balaban J connectivity index is 0.000000211. The van der Waals surface area contributed by atoms with Crippen LogP contribution in [-0.2, 0) is 32.9 Å². The van der Waals surface area contributed by atoms with Gasteiger partial charge in [-0.25, -0.2) is 4.79 Å². The molecular weight excluding hydrogens is 833 g/mol. The summed E-state index contributed by atoms with van der Waals surface area (Å²) >= 11 is 2.77. The topological polar surface area (TPSA) is 141 Å². The van der Waals surface area contributed by atoms with Crippen LogP contribution in [0.2, 0.25) is 0 Å². The Labute approximate surface area is 381 Å². The molecule has 10 nitrogen and oxygen atoms in total. The number of esters is 1. The molecule has 1 unspecified atom stereocenters. The highest BCUT2D eigenvalue weighted by atomic mass is 32.1. The first-order chi connectivity index (χ1) is 30.8. The van der Waals surface area contributed by atoms with Gasteiger partial charge in [0, 0.05) is 44.9 Å². The van der Waals surface area contributed by atoms with Crippen LogP contribution in [0.25, 0.3) is 0 Å². The molecule has 0 aliphatic carbocycles. The maximum absolute atomic E-state index is 13.4. The van der Waals surface area contributed by atoms with Gasteiger partial charge in [-0.15, -0.1) is 28.4 Å². The molecule has 2 atom stereocenters. The number of thiophene rings is 2. The van der Waals surface area contributed by atoms with Gasteiger partial charge in [0.15, 0.2) is 6.10 Å². The van der Waals surface area contributed by atoms with Crippen LogP contribution in [0.4, 0.5) is 0 Å². The predicted molar refractivity (Wildman–Crippen MR) is 249 cm³/mol. The van der Waals surface area contributed by atoms with E-state index in [4.69, 9.17) is 19.3 Å². The normalized spacial score (nSPS) is 18.7. The number of carbonyl (C=O) groups is 1. The second-order valence-corrected chi connectivity index (χ2v) is 18.8. The van der Waals surface area contributed by atoms with Crippen molar-refractivity contribution in [3.8, 4) is 11.5 Å². The summed E-state index contributed by atoms with van der Waals surface area (Å²) in [5.74, 6) is 0.544. The lowest BCUT2D eigenvalue weighted by molar-refractivity contribution is -0.946. The average molecular weight is 899 g/mol. The van der Waals surface area contributed by atoms with Crippen LogP contribution in [0.3, 0.4) is 0 Å². The first-order valence-electron chi connectivity index (χ1n) is 22.8. The predicted octanol–water partition coefficient (Wildman–Crippen LogP) is 8.14. The number of aliphatic hydroxyl groups excluding tert-OH is 2. The Morgan fingerprint density at radius 2 is 1.48 bits per heavy atom. The molecular formula is C51H66N2O8S2.